The maximum atomic E-state index is 11.6. The molecule has 1 aromatic carbocycles. The van der Waals surface area contributed by atoms with Gasteiger partial charge in [0.05, 0.1) is 13.7 Å². The van der Waals surface area contributed by atoms with Crippen LogP contribution in [0.5, 0.6) is 5.75 Å². The minimum absolute atomic E-state index is 0.0103. The van der Waals surface area contributed by atoms with Crippen molar-refractivity contribution < 1.29 is 14.3 Å². The smallest absolute Gasteiger partial charge is 0.251 e. The molecule has 1 saturated heterocycles. The number of para-hydroxylation sites is 1. The maximum Gasteiger partial charge on any atom is 0.251 e. The predicted octanol–water partition coefficient (Wildman–Crippen LogP) is 1.24. The summed E-state index contributed by atoms with van der Waals surface area (Å²) in [5, 5.41) is 2.98. The van der Waals surface area contributed by atoms with Crippen LogP contribution in [0.4, 0.5) is 0 Å². The lowest BCUT2D eigenvalue weighted by molar-refractivity contribution is -0.122. The zero-order valence-electron chi connectivity index (χ0n) is 10.4. The van der Waals surface area contributed by atoms with Gasteiger partial charge in [0.1, 0.15) is 5.75 Å². The van der Waals surface area contributed by atoms with Crippen LogP contribution in [0, 0.1) is 0 Å². The van der Waals surface area contributed by atoms with Crippen molar-refractivity contribution in [3.63, 3.8) is 0 Å². The Bertz CT molecular complexity index is 464. The van der Waals surface area contributed by atoms with E-state index in [1.165, 1.54) is 5.56 Å². The Labute approximate surface area is 106 Å². The normalized spacial score (nSPS) is 23.3. The number of epoxide rings is 1. The Morgan fingerprint density at radius 2 is 2.22 bits per heavy atom. The highest BCUT2D eigenvalue weighted by Crippen LogP contribution is 2.50. The van der Waals surface area contributed by atoms with Crippen molar-refractivity contribution in [2.45, 2.75) is 24.4 Å². The van der Waals surface area contributed by atoms with E-state index in [2.05, 4.69) is 11.4 Å². The molecule has 3 rings (SSSR count). The molecule has 0 bridgehead atoms. The van der Waals surface area contributed by atoms with Gasteiger partial charge in [-0.15, -0.1) is 0 Å². The van der Waals surface area contributed by atoms with E-state index in [0.717, 1.165) is 18.6 Å². The van der Waals surface area contributed by atoms with Crippen molar-refractivity contribution in [2.24, 2.45) is 0 Å². The first kappa shape index (κ1) is 11.5. The summed E-state index contributed by atoms with van der Waals surface area (Å²) in [7, 11) is 1.69. The van der Waals surface area contributed by atoms with E-state index in [-0.39, 0.29) is 17.4 Å². The van der Waals surface area contributed by atoms with Crippen molar-refractivity contribution in [1.29, 1.82) is 0 Å². The first-order valence-corrected chi connectivity index (χ1v) is 6.28. The van der Waals surface area contributed by atoms with Crippen LogP contribution < -0.4 is 10.1 Å². The number of ether oxygens (including phenoxy) is 2. The molecule has 18 heavy (non-hydrogen) atoms. The minimum atomic E-state index is -0.210. The molecule has 1 atom stereocenters. The quantitative estimate of drug-likeness (QED) is 0.796. The largest absolute Gasteiger partial charge is 0.496 e. The molecule has 0 spiro atoms. The van der Waals surface area contributed by atoms with Gasteiger partial charge < -0.3 is 14.8 Å². The zero-order chi connectivity index (χ0) is 12.6. The first-order valence-electron chi connectivity index (χ1n) is 6.28. The molecule has 1 N–H and O–H groups in total. The van der Waals surface area contributed by atoms with Crippen LogP contribution in [0.25, 0.3) is 0 Å². The van der Waals surface area contributed by atoms with Crippen LogP contribution in [0.15, 0.2) is 24.3 Å². The first-order chi connectivity index (χ1) is 8.75. The summed E-state index contributed by atoms with van der Waals surface area (Å²) in [6.45, 7) is 1.24. The lowest BCUT2D eigenvalue weighted by Crippen LogP contribution is -2.35. The van der Waals surface area contributed by atoms with Gasteiger partial charge in [0, 0.05) is 17.5 Å². The van der Waals surface area contributed by atoms with E-state index in [1.54, 1.807) is 7.11 Å². The molecule has 1 unspecified atom stereocenters. The molecule has 1 amide bonds. The predicted molar refractivity (Wildman–Crippen MR) is 66.7 cm³/mol. The van der Waals surface area contributed by atoms with E-state index in [4.69, 9.17) is 9.47 Å². The van der Waals surface area contributed by atoms with Crippen LogP contribution in [0.3, 0.4) is 0 Å². The Hall–Kier alpha value is -1.55. The molecular formula is C14H17NO3. The van der Waals surface area contributed by atoms with Crippen LogP contribution in [0.2, 0.25) is 0 Å². The van der Waals surface area contributed by atoms with Gasteiger partial charge in [0.15, 0.2) is 6.10 Å². The van der Waals surface area contributed by atoms with Crippen LogP contribution in [-0.2, 0) is 14.9 Å². The number of carbonyl (C=O) groups is 1. The Kier molecular flexibility index (Phi) is 2.74. The van der Waals surface area contributed by atoms with Crippen LogP contribution in [-0.4, -0.2) is 32.3 Å². The summed E-state index contributed by atoms with van der Waals surface area (Å²) < 4.78 is 10.4. The maximum absolute atomic E-state index is 11.6. The van der Waals surface area contributed by atoms with Gasteiger partial charge in [-0.05, 0) is 18.9 Å². The van der Waals surface area contributed by atoms with E-state index >= 15 is 0 Å². The molecule has 2 fully saturated rings. The summed E-state index contributed by atoms with van der Waals surface area (Å²) >= 11 is 0. The van der Waals surface area contributed by atoms with E-state index in [9.17, 15) is 4.79 Å². The van der Waals surface area contributed by atoms with E-state index in [0.29, 0.717) is 13.2 Å². The van der Waals surface area contributed by atoms with Gasteiger partial charge in [-0.3, -0.25) is 4.79 Å². The summed E-state index contributed by atoms with van der Waals surface area (Å²) in [4.78, 5) is 11.6. The van der Waals surface area contributed by atoms with Gasteiger partial charge in [-0.25, -0.2) is 0 Å². The SMILES string of the molecule is COc1ccccc1C1(CNC(=O)C2CO2)CC1. The van der Waals surface area contributed by atoms with Crippen molar-refractivity contribution in [3.8, 4) is 5.75 Å². The summed E-state index contributed by atoms with van der Waals surface area (Å²) in [6.07, 6.45) is 1.98. The fraction of sp³-hybridized carbons (Fsp3) is 0.500. The molecule has 4 heteroatoms. The fourth-order valence-corrected chi connectivity index (χ4v) is 2.34. The average molecular weight is 247 g/mol. The summed E-state index contributed by atoms with van der Waals surface area (Å²) in [6, 6.07) is 8.05. The number of carbonyl (C=O) groups excluding carboxylic acids is 1. The Morgan fingerprint density at radius 1 is 1.50 bits per heavy atom. The Balaban J connectivity index is 1.71. The number of nitrogens with one attached hydrogen (secondary N) is 1. The second-order valence-electron chi connectivity index (χ2n) is 5.02. The highest BCUT2D eigenvalue weighted by atomic mass is 16.6. The topological polar surface area (TPSA) is 50.9 Å². The van der Waals surface area contributed by atoms with Gasteiger partial charge in [0.2, 0.25) is 0 Å². The average Bonchev–Trinajstić information content (AvgIpc) is 3.30. The molecular weight excluding hydrogens is 230 g/mol. The number of rotatable bonds is 5. The third-order valence-electron chi connectivity index (χ3n) is 3.76. The molecule has 1 aliphatic heterocycles. The lowest BCUT2D eigenvalue weighted by atomic mass is 9.95. The highest BCUT2D eigenvalue weighted by molar-refractivity contribution is 5.83. The third kappa shape index (κ3) is 2.08. The summed E-state index contributed by atoms with van der Waals surface area (Å²) in [5.41, 5.74) is 1.27. The zero-order valence-corrected chi connectivity index (χ0v) is 10.4. The number of hydrogen-bond donors (Lipinski definition) is 1. The van der Waals surface area contributed by atoms with Crippen molar-refractivity contribution >= 4 is 5.91 Å². The van der Waals surface area contributed by atoms with Crippen molar-refractivity contribution in [3.05, 3.63) is 29.8 Å². The fourth-order valence-electron chi connectivity index (χ4n) is 2.34. The highest BCUT2D eigenvalue weighted by Gasteiger charge is 2.46. The van der Waals surface area contributed by atoms with E-state index < -0.39 is 0 Å². The second kappa shape index (κ2) is 4.28. The van der Waals surface area contributed by atoms with Crippen LogP contribution in [0.1, 0.15) is 18.4 Å². The molecule has 0 aromatic heterocycles. The van der Waals surface area contributed by atoms with E-state index in [1.807, 2.05) is 18.2 Å². The van der Waals surface area contributed by atoms with Gasteiger partial charge >= 0.3 is 0 Å². The lowest BCUT2D eigenvalue weighted by Gasteiger charge is -2.19. The number of hydrogen-bond acceptors (Lipinski definition) is 3. The second-order valence-corrected chi connectivity index (χ2v) is 5.02. The number of amides is 1. The minimum Gasteiger partial charge on any atom is -0.496 e. The molecule has 96 valence electrons. The summed E-state index contributed by atoms with van der Waals surface area (Å²) in [5.74, 6) is 0.920. The molecule has 1 aromatic rings. The third-order valence-corrected chi connectivity index (χ3v) is 3.76. The molecule has 2 aliphatic rings. The number of methoxy groups -OCH3 is 1. The van der Waals surface area contributed by atoms with Gasteiger partial charge in [-0.1, -0.05) is 18.2 Å². The molecule has 1 aliphatic carbocycles. The Morgan fingerprint density at radius 3 is 2.83 bits per heavy atom. The van der Waals surface area contributed by atoms with Crippen molar-refractivity contribution in [2.75, 3.05) is 20.3 Å². The molecule has 1 saturated carbocycles. The monoisotopic (exact) mass is 247 g/mol. The molecule has 4 nitrogen and oxygen atoms in total. The molecule has 0 radical (unpaired) electrons. The number of benzene rings is 1. The van der Waals surface area contributed by atoms with Crippen molar-refractivity contribution in [1.82, 2.24) is 5.32 Å². The van der Waals surface area contributed by atoms with Gasteiger partial charge in [0.25, 0.3) is 5.91 Å². The molecule has 1 heterocycles. The van der Waals surface area contributed by atoms with Crippen LogP contribution >= 0.6 is 0 Å². The standard InChI is InChI=1S/C14H17NO3/c1-17-11-5-3-2-4-10(11)14(6-7-14)9-15-13(16)12-8-18-12/h2-5,12H,6-9H2,1H3,(H,15,16). The van der Waals surface area contributed by atoms with Gasteiger partial charge in [-0.2, -0.15) is 0 Å².